The second kappa shape index (κ2) is 10.9. The van der Waals surface area contributed by atoms with E-state index in [1.807, 2.05) is 0 Å². The van der Waals surface area contributed by atoms with Gasteiger partial charge in [0, 0.05) is 22.5 Å². The van der Waals surface area contributed by atoms with E-state index >= 15 is 0 Å². The first-order valence-electron chi connectivity index (χ1n) is 17.7. The molecular formula is C44H45N. The van der Waals surface area contributed by atoms with Gasteiger partial charge in [0.1, 0.15) is 0 Å². The Balaban J connectivity index is 1.11. The smallest absolute Gasteiger partial charge is 0.0468 e. The van der Waals surface area contributed by atoms with Crippen LogP contribution in [-0.2, 0) is 10.8 Å². The number of hydrogen-bond acceptors (Lipinski definition) is 1. The van der Waals surface area contributed by atoms with Gasteiger partial charge in [0.15, 0.2) is 0 Å². The van der Waals surface area contributed by atoms with Crippen LogP contribution in [0.3, 0.4) is 0 Å². The van der Waals surface area contributed by atoms with Gasteiger partial charge < -0.3 is 4.90 Å². The lowest BCUT2D eigenvalue weighted by Crippen LogP contribution is -2.48. The molecular weight excluding hydrogens is 542 g/mol. The fourth-order valence-electron chi connectivity index (χ4n) is 10.8. The van der Waals surface area contributed by atoms with E-state index in [4.69, 9.17) is 0 Å². The maximum atomic E-state index is 2.50. The summed E-state index contributed by atoms with van der Waals surface area (Å²) in [6.07, 6.45) is 15.1. The molecule has 0 radical (unpaired) electrons. The number of fused-ring (bicyclic) bond motifs is 1. The highest BCUT2D eigenvalue weighted by atomic mass is 15.1. The van der Waals surface area contributed by atoms with Crippen LogP contribution in [0.5, 0.6) is 0 Å². The molecule has 45 heavy (non-hydrogen) atoms. The Labute approximate surface area is 269 Å². The molecule has 5 aliphatic rings. The molecule has 5 aliphatic carbocycles. The van der Waals surface area contributed by atoms with Crippen molar-refractivity contribution in [1.82, 2.24) is 0 Å². The summed E-state index contributed by atoms with van der Waals surface area (Å²) in [7, 11) is 0. The van der Waals surface area contributed by atoms with E-state index in [-0.39, 0.29) is 5.41 Å². The van der Waals surface area contributed by atoms with Gasteiger partial charge in [-0.3, -0.25) is 0 Å². The minimum absolute atomic E-state index is 0.116. The Kier molecular flexibility index (Phi) is 6.65. The van der Waals surface area contributed by atoms with E-state index in [2.05, 4.69) is 126 Å². The molecule has 0 unspecified atom stereocenters. The molecule has 5 aromatic carbocycles. The molecule has 5 fully saturated rings. The van der Waals surface area contributed by atoms with E-state index in [9.17, 15) is 0 Å². The lowest BCUT2D eigenvalue weighted by Gasteiger charge is -2.57. The van der Waals surface area contributed by atoms with Crippen LogP contribution in [0.4, 0.5) is 17.1 Å². The van der Waals surface area contributed by atoms with Crippen molar-refractivity contribution in [3.63, 3.8) is 0 Å². The van der Waals surface area contributed by atoms with E-state index in [1.165, 1.54) is 110 Å². The lowest BCUT2D eigenvalue weighted by atomic mass is 9.48. The summed E-state index contributed by atoms with van der Waals surface area (Å²) in [5, 5.41) is 2.57. The zero-order chi connectivity index (χ0) is 29.8. The van der Waals surface area contributed by atoms with Crippen molar-refractivity contribution in [2.75, 3.05) is 4.90 Å². The van der Waals surface area contributed by atoms with Crippen molar-refractivity contribution in [2.45, 2.75) is 81.5 Å². The lowest BCUT2D eigenvalue weighted by molar-refractivity contribution is -0.00518. The minimum atomic E-state index is 0.116. The van der Waals surface area contributed by atoms with Gasteiger partial charge in [-0.1, -0.05) is 104 Å². The van der Waals surface area contributed by atoms with Crippen molar-refractivity contribution in [1.29, 1.82) is 0 Å². The van der Waals surface area contributed by atoms with Crippen molar-refractivity contribution in [3.8, 4) is 0 Å². The average molecular weight is 588 g/mol. The number of hydrogen-bond donors (Lipinski definition) is 0. The predicted octanol–water partition coefficient (Wildman–Crippen LogP) is 12.0. The molecule has 1 nitrogen and oxygen atoms in total. The first kappa shape index (κ1) is 27.5. The fraction of sp³-hybridized carbons (Fsp3) is 0.364. The summed E-state index contributed by atoms with van der Waals surface area (Å²) >= 11 is 0. The van der Waals surface area contributed by atoms with E-state index in [0.717, 1.165) is 17.8 Å². The van der Waals surface area contributed by atoms with Gasteiger partial charge in [-0.25, -0.2) is 0 Å². The summed E-state index contributed by atoms with van der Waals surface area (Å²) in [6, 6.07) is 46.5. The summed E-state index contributed by atoms with van der Waals surface area (Å²) in [5.74, 6) is 2.89. The molecule has 0 heterocycles. The van der Waals surface area contributed by atoms with Gasteiger partial charge in [0.25, 0.3) is 0 Å². The third kappa shape index (κ3) is 4.73. The van der Waals surface area contributed by atoms with E-state index < -0.39 is 0 Å². The molecule has 0 aromatic heterocycles. The number of benzene rings is 5. The van der Waals surface area contributed by atoms with Crippen LogP contribution in [0.2, 0.25) is 0 Å². The number of rotatable bonds is 6. The summed E-state index contributed by atoms with van der Waals surface area (Å²) in [4.78, 5) is 2.48. The van der Waals surface area contributed by atoms with Gasteiger partial charge in [0.05, 0.1) is 0 Å². The molecule has 0 spiro atoms. The summed E-state index contributed by atoms with van der Waals surface area (Å²) < 4.78 is 0. The maximum Gasteiger partial charge on any atom is 0.0468 e. The molecule has 0 saturated heterocycles. The SMILES string of the molecule is c1ccc(C2(c3ccc(N(c4ccc(C56CC7CC(CC(C7)C5)C6)cc4)c4ccc5ccccc5c4)cc3)CCCCC2)cc1. The summed E-state index contributed by atoms with van der Waals surface area (Å²) in [5.41, 5.74) is 8.79. The molecule has 5 saturated carbocycles. The van der Waals surface area contributed by atoms with Crippen LogP contribution in [0.15, 0.2) is 121 Å². The number of anilines is 3. The van der Waals surface area contributed by atoms with Crippen LogP contribution >= 0.6 is 0 Å². The van der Waals surface area contributed by atoms with Crippen LogP contribution in [0.25, 0.3) is 10.8 Å². The first-order chi connectivity index (χ1) is 22.2. The standard InChI is InChI=1S/C44H45N/c1-3-11-38(12-4-1)44(23-7-2-8-24-44)39-16-21-41(22-17-39)45(42-18-13-35-9-5-6-10-36(35)28-42)40-19-14-37(15-20-40)43-29-32-25-33(30-43)27-34(26-32)31-43/h1,3-6,9-22,28,32-34H,2,7-8,23-27,29-31H2. The summed E-state index contributed by atoms with van der Waals surface area (Å²) in [6.45, 7) is 0. The van der Waals surface area contributed by atoms with Crippen LogP contribution in [0.1, 0.15) is 87.3 Å². The Morgan fingerprint density at radius 1 is 0.444 bits per heavy atom. The van der Waals surface area contributed by atoms with Crippen LogP contribution in [0, 0.1) is 17.8 Å². The molecule has 0 atom stereocenters. The van der Waals surface area contributed by atoms with Gasteiger partial charge >= 0.3 is 0 Å². The number of nitrogens with zero attached hydrogens (tertiary/aromatic N) is 1. The quantitative estimate of drug-likeness (QED) is 0.191. The Morgan fingerprint density at radius 3 is 1.58 bits per heavy atom. The molecule has 10 rings (SSSR count). The highest BCUT2D eigenvalue weighted by Crippen LogP contribution is 2.61. The third-order valence-electron chi connectivity index (χ3n) is 12.5. The van der Waals surface area contributed by atoms with Crippen molar-refractivity contribution in [3.05, 3.63) is 138 Å². The monoisotopic (exact) mass is 587 g/mol. The second-order valence-corrected chi connectivity index (χ2v) is 15.2. The molecule has 0 amide bonds. The van der Waals surface area contributed by atoms with Gasteiger partial charge in [-0.05, 0) is 138 Å². The third-order valence-corrected chi connectivity index (χ3v) is 12.5. The second-order valence-electron chi connectivity index (χ2n) is 15.2. The maximum absolute atomic E-state index is 2.50. The van der Waals surface area contributed by atoms with Crippen LogP contribution < -0.4 is 4.90 Å². The van der Waals surface area contributed by atoms with Crippen molar-refractivity contribution >= 4 is 27.8 Å². The van der Waals surface area contributed by atoms with Gasteiger partial charge in [-0.15, -0.1) is 0 Å². The molecule has 0 N–H and O–H groups in total. The van der Waals surface area contributed by atoms with E-state index in [1.54, 1.807) is 5.56 Å². The van der Waals surface area contributed by atoms with Gasteiger partial charge in [-0.2, -0.15) is 0 Å². The largest absolute Gasteiger partial charge is 0.310 e. The topological polar surface area (TPSA) is 3.24 Å². The first-order valence-corrected chi connectivity index (χ1v) is 17.7. The molecule has 5 aromatic rings. The molecule has 0 aliphatic heterocycles. The highest BCUT2D eigenvalue weighted by Gasteiger charge is 2.51. The average Bonchev–Trinajstić information content (AvgIpc) is 3.09. The van der Waals surface area contributed by atoms with Crippen molar-refractivity contribution < 1.29 is 0 Å². The Hall–Kier alpha value is -3.84. The molecule has 1 heteroatoms. The van der Waals surface area contributed by atoms with Gasteiger partial charge in [0.2, 0.25) is 0 Å². The molecule has 4 bridgehead atoms. The fourth-order valence-corrected chi connectivity index (χ4v) is 10.8. The van der Waals surface area contributed by atoms with Crippen molar-refractivity contribution in [2.24, 2.45) is 17.8 Å². The van der Waals surface area contributed by atoms with E-state index in [0.29, 0.717) is 5.41 Å². The zero-order valence-electron chi connectivity index (χ0n) is 26.5. The normalized spacial score (nSPS) is 26.6. The van der Waals surface area contributed by atoms with Crippen LogP contribution in [-0.4, -0.2) is 0 Å². The minimum Gasteiger partial charge on any atom is -0.310 e. The highest BCUT2D eigenvalue weighted by molar-refractivity contribution is 5.89. The molecule has 226 valence electrons. The Bertz CT molecular complexity index is 1760. The Morgan fingerprint density at radius 2 is 0.956 bits per heavy atom. The predicted molar refractivity (Wildman–Crippen MR) is 189 cm³/mol. The zero-order valence-corrected chi connectivity index (χ0v) is 26.5.